The normalized spacial score (nSPS) is 16.9. The molecule has 3 heteroatoms. The van der Waals surface area contributed by atoms with Gasteiger partial charge in [-0.2, -0.15) is 0 Å². The number of amides is 1. The van der Waals surface area contributed by atoms with Crippen LogP contribution in [-0.2, 0) is 4.79 Å². The Morgan fingerprint density at radius 3 is 2.70 bits per heavy atom. The lowest BCUT2D eigenvalue weighted by atomic mass is 9.92. The number of benzene rings is 2. The van der Waals surface area contributed by atoms with E-state index in [9.17, 15) is 4.79 Å². The molecular weight excluding hydrogens is 250 g/mol. The molecule has 2 aromatic rings. The second-order valence-electron chi connectivity index (χ2n) is 5.08. The van der Waals surface area contributed by atoms with Crippen LogP contribution in [0.15, 0.2) is 48.5 Å². The topological polar surface area (TPSA) is 38.3 Å². The maximum absolute atomic E-state index is 12.4. The summed E-state index contributed by atoms with van der Waals surface area (Å²) in [6.45, 7) is 2.61. The van der Waals surface area contributed by atoms with Crippen LogP contribution >= 0.6 is 0 Å². The van der Waals surface area contributed by atoms with Crippen molar-refractivity contribution < 1.29 is 9.53 Å². The summed E-state index contributed by atoms with van der Waals surface area (Å²) in [6.07, 6.45) is 0.717. The first-order valence-electron chi connectivity index (χ1n) is 6.83. The van der Waals surface area contributed by atoms with Crippen molar-refractivity contribution >= 4 is 11.6 Å². The summed E-state index contributed by atoms with van der Waals surface area (Å²) in [6, 6.07) is 15.6. The van der Waals surface area contributed by atoms with E-state index in [1.165, 1.54) is 5.56 Å². The maximum Gasteiger partial charge on any atom is 0.232 e. The predicted octanol–water partition coefficient (Wildman–Crippen LogP) is 3.50. The zero-order chi connectivity index (χ0) is 13.9. The van der Waals surface area contributed by atoms with Crippen molar-refractivity contribution in [3.05, 3.63) is 59.7 Å². The van der Waals surface area contributed by atoms with Crippen LogP contribution in [0, 0.1) is 6.92 Å². The van der Waals surface area contributed by atoms with Crippen LogP contribution in [0.1, 0.15) is 23.5 Å². The molecule has 1 unspecified atom stereocenters. The fourth-order valence-corrected chi connectivity index (χ4v) is 2.48. The van der Waals surface area contributed by atoms with Crippen LogP contribution in [-0.4, -0.2) is 12.5 Å². The summed E-state index contributed by atoms with van der Waals surface area (Å²) >= 11 is 0. The number of hydrogen-bond acceptors (Lipinski definition) is 2. The van der Waals surface area contributed by atoms with Crippen LogP contribution < -0.4 is 10.1 Å². The highest BCUT2D eigenvalue weighted by Gasteiger charge is 2.27. The van der Waals surface area contributed by atoms with Crippen LogP contribution in [0.4, 0.5) is 5.69 Å². The van der Waals surface area contributed by atoms with Gasteiger partial charge in [-0.15, -0.1) is 0 Å². The third kappa shape index (κ3) is 2.52. The smallest absolute Gasteiger partial charge is 0.232 e. The third-order valence-corrected chi connectivity index (χ3v) is 3.59. The number of ether oxygens (including phenoxy) is 1. The van der Waals surface area contributed by atoms with E-state index in [1.807, 2.05) is 55.5 Å². The van der Waals surface area contributed by atoms with Crippen molar-refractivity contribution in [2.75, 3.05) is 11.9 Å². The van der Waals surface area contributed by atoms with Crippen LogP contribution in [0.2, 0.25) is 0 Å². The van der Waals surface area contributed by atoms with Gasteiger partial charge in [0.2, 0.25) is 5.91 Å². The number of aryl methyl sites for hydroxylation is 1. The Bertz CT molecular complexity index is 619. The van der Waals surface area contributed by atoms with Gasteiger partial charge < -0.3 is 10.1 Å². The van der Waals surface area contributed by atoms with Gasteiger partial charge in [0.15, 0.2) is 0 Å². The average Bonchev–Trinajstić information content (AvgIpc) is 2.49. The van der Waals surface area contributed by atoms with Gasteiger partial charge in [0.25, 0.3) is 0 Å². The Hall–Kier alpha value is -2.29. The van der Waals surface area contributed by atoms with Crippen molar-refractivity contribution in [3.63, 3.8) is 0 Å². The molecule has 20 heavy (non-hydrogen) atoms. The minimum absolute atomic E-state index is 0.0320. The van der Waals surface area contributed by atoms with E-state index in [4.69, 9.17) is 4.74 Å². The number of carbonyl (C=O) groups is 1. The van der Waals surface area contributed by atoms with E-state index in [0.29, 0.717) is 13.0 Å². The number of hydrogen-bond donors (Lipinski definition) is 1. The number of fused-ring (bicyclic) bond motifs is 1. The Labute approximate surface area is 118 Å². The number of para-hydroxylation sites is 1. The lowest BCUT2D eigenvalue weighted by Gasteiger charge is -2.25. The van der Waals surface area contributed by atoms with Gasteiger partial charge in [-0.3, -0.25) is 4.79 Å². The van der Waals surface area contributed by atoms with Gasteiger partial charge >= 0.3 is 0 Å². The first kappa shape index (κ1) is 12.7. The summed E-state index contributed by atoms with van der Waals surface area (Å²) in [5.41, 5.74) is 2.99. The summed E-state index contributed by atoms with van der Waals surface area (Å²) in [5, 5.41) is 2.99. The van der Waals surface area contributed by atoms with Crippen molar-refractivity contribution in [1.29, 1.82) is 0 Å². The second-order valence-corrected chi connectivity index (χ2v) is 5.08. The zero-order valence-corrected chi connectivity index (χ0v) is 11.4. The van der Waals surface area contributed by atoms with Crippen LogP contribution in [0.25, 0.3) is 0 Å². The molecular formula is C17H17NO2. The highest BCUT2D eigenvalue weighted by atomic mass is 16.5. The minimum atomic E-state index is -0.138. The highest BCUT2D eigenvalue weighted by molar-refractivity contribution is 5.96. The standard InChI is InChI=1S/C17H17NO2/c1-12-6-8-13(9-7-12)18-17(19)15-10-11-20-16-5-3-2-4-14(15)16/h2-9,15H,10-11H2,1H3,(H,18,19). The van der Waals surface area contributed by atoms with Gasteiger partial charge in [-0.05, 0) is 31.5 Å². The SMILES string of the molecule is Cc1ccc(NC(=O)C2CCOc3ccccc32)cc1. The number of rotatable bonds is 2. The molecule has 1 amide bonds. The summed E-state index contributed by atoms with van der Waals surface area (Å²) in [4.78, 5) is 12.4. The first-order valence-corrected chi connectivity index (χ1v) is 6.83. The molecule has 3 rings (SSSR count). The van der Waals surface area contributed by atoms with E-state index < -0.39 is 0 Å². The van der Waals surface area contributed by atoms with Gasteiger partial charge in [-0.1, -0.05) is 35.9 Å². The van der Waals surface area contributed by atoms with Crippen molar-refractivity contribution in [3.8, 4) is 5.75 Å². The Kier molecular flexibility index (Phi) is 3.42. The monoisotopic (exact) mass is 267 g/mol. The molecule has 102 valence electrons. The second kappa shape index (κ2) is 5.37. The van der Waals surface area contributed by atoms with E-state index >= 15 is 0 Å². The molecule has 1 atom stereocenters. The van der Waals surface area contributed by atoms with Crippen LogP contribution in [0.3, 0.4) is 0 Å². The number of anilines is 1. The molecule has 0 aromatic heterocycles. The minimum Gasteiger partial charge on any atom is -0.493 e. The molecule has 0 saturated carbocycles. The molecule has 2 aromatic carbocycles. The Morgan fingerprint density at radius 1 is 1.15 bits per heavy atom. The van der Waals surface area contributed by atoms with E-state index in [-0.39, 0.29) is 11.8 Å². The summed E-state index contributed by atoms with van der Waals surface area (Å²) in [7, 11) is 0. The molecule has 1 heterocycles. The van der Waals surface area contributed by atoms with Crippen molar-refractivity contribution in [2.45, 2.75) is 19.3 Å². The molecule has 0 bridgehead atoms. The van der Waals surface area contributed by atoms with Gasteiger partial charge in [-0.25, -0.2) is 0 Å². The van der Waals surface area contributed by atoms with E-state index in [2.05, 4.69) is 5.32 Å². The Balaban J connectivity index is 1.80. The molecule has 1 aliphatic heterocycles. The van der Waals surface area contributed by atoms with Crippen molar-refractivity contribution in [2.24, 2.45) is 0 Å². The highest BCUT2D eigenvalue weighted by Crippen LogP contribution is 2.34. The van der Waals surface area contributed by atoms with Gasteiger partial charge in [0, 0.05) is 11.3 Å². The third-order valence-electron chi connectivity index (χ3n) is 3.59. The van der Waals surface area contributed by atoms with Crippen molar-refractivity contribution in [1.82, 2.24) is 0 Å². The number of carbonyl (C=O) groups excluding carboxylic acids is 1. The molecule has 0 fully saturated rings. The fourth-order valence-electron chi connectivity index (χ4n) is 2.48. The molecule has 3 nitrogen and oxygen atoms in total. The molecule has 1 aliphatic rings. The average molecular weight is 267 g/mol. The molecule has 0 aliphatic carbocycles. The quantitative estimate of drug-likeness (QED) is 0.904. The first-order chi connectivity index (χ1) is 9.74. The molecule has 1 N–H and O–H groups in total. The predicted molar refractivity (Wildman–Crippen MR) is 79.1 cm³/mol. The van der Waals surface area contributed by atoms with Gasteiger partial charge in [0.1, 0.15) is 5.75 Å². The number of nitrogens with one attached hydrogen (secondary N) is 1. The summed E-state index contributed by atoms with van der Waals surface area (Å²) < 4.78 is 5.59. The zero-order valence-electron chi connectivity index (χ0n) is 11.4. The molecule has 0 radical (unpaired) electrons. The largest absolute Gasteiger partial charge is 0.493 e. The summed E-state index contributed by atoms with van der Waals surface area (Å²) in [5.74, 6) is 0.716. The van der Waals surface area contributed by atoms with E-state index in [1.54, 1.807) is 0 Å². The lowest BCUT2D eigenvalue weighted by Crippen LogP contribution is -2.26. The maximum atomic E-state index is 12.4. The Morgan fingerprint density at radius 2 is 1.90 bits per heavy atom. The molecule has 0 spiro atoms. The van der Waals surface area contributed by atoms with Crippen LogP contribution in [0.5, 0.6) is 5.75 Å². The van der Waals surface area contributed by atoms with E-state index in [0.717, 1.165) is 17.0 Å². The lowest BCUT2D eigenvalue weighted by molar-refractivity contribution is -0.118. The molecule has 0 saturated heterocycles. The van der Waals surface area contributed by atoms with Gasteiger partial charge in [0.05, 0.1) is 12.5 Å². The fraction of sp³-hybridized carbons (Fsp3) is 0.235.